The second-order valence-corrected chi connectivity index (χ2v) is 10.1. The van der Waals surface area contributed by atoms with Gasteiger partial charge in [0, 0.05) is 17.2 Å². The molecule has 0 aliphatic rings. The first-order valence-electron chi connectivity index (χ1n) is 12.6. The van der Waals surface area contributed by atoms with E-state index in [9.17, 15) is 9.59 Å². The molecule has 10 heteroatoms. The van der Waals surface area contributed by atoms with E-state index in [0.29, 0.717) is 11.4 Å². The first-order chi connectivity index (χ1) is 19.4. The fourth-order valence-electron chi connectivity index (χ4n) is 4.16. The maximum Gasteiger partial charge on any atom is 0.349 e. The number of hydrogen-bond acceptors (Lipinski definition) is 9. The molecule has 0 radical (unpaired) electrons. The topological polar surface area (TPSA) is 153 Å². The van der Waals surface area contributed by atoms with Crippen molar-refractivity contribution >= 4 is 29.5 Å². The lowest BCUT2D eigenvalue weighted by molar-refractivity contribution is -0.142. The summed E-state index contributed by atoms with van der Waals surface area (Å²) in [7, 11) is 0. The van der Waals surface area contributed by atoms with Crippen LogP contribution < -0.4 is 16.9 Å². The van der Waals surface area contributed by atoms with Gasteiger partial charge in [0.25, 0.3) is 0 Å². The van der Waals surface area contributed by atoms with Crippen LogP contribution in [0.15, 0.2) is 91.3 Å². The second-order valence-electron chi connectivity index (χ2n) is 9.23. The van der Waals surface area contributed by atoms with Crippen LogP contribution in [0.2, 0.25) is 0 Å². The van der Waals surface area contributed by atoms with Crippen LogP contribution in [0.1, 0.15) is 17.0 Å². The Balaban J connectivity index is 1.35. The van der Waals surface area contributed by atoms with Crippen molar-refractivity contribution in [3.05, 3.63) is 102 Å². The summed E-state index contributed by atoms with van der Waals surface area (Å²) in [5, 5.41) is 8.97. The summed E-state index contributed by atoms with van der Waals surface area (Å²) < 4.78 is 0. The summed E-state index contributed by atoms with van der Waals surface area (Å²) in [4.78, 5) is 37.7. The monoisotopic (exact) mass is 557 g/mol. The number of aliphatic carboxylic acids is 1. The zero-order chi connectivity index (χ0) is 28.5. The fraction of sp³-hybridized carbons (Fsp3) is 0.200. The highest BCUT2D eigenvalue weighted by molar-refractivity contribution is 7.98. The number of nitrogens with zero attached hydrogens (tertiary/aromatic N) is 2. The Hall–Kier alpha value is -4.25. The summed E-state index contributed by atoms with van der Waals surface area (Å²) >= 11 is 1.61. The second kappa shape index (κ2) is 13.7. The van der Waals surface area contributed by atoms with Gasteiger partial charge in [0.1, 0.15) is 12.1 Å². The van der Waals surface area contributed by atoms with Gasteiger partial charge in [-0.2, -0.15) is 17.2 Å². The van der Waals surface area contributed by atoms with Crippen molar-refractivity contribution in [2.75, 3.05) is 17.5 Å². The van der Waals surface area contributed by atoms with Crippen LogP contribution in [0.4, 0.5) is 5.82 Å². The van der Waals surface area contributed by atoms with E-state index >= 15 is 0 Å². The minimum Gasteiger partial charge on any atom is -0.480 e. The number of carbonyl (C=O) groups excluding carboxylic acids is 1. The summed E-state index contributed by atoms with van der Waals surface area (Å²) in [6.45, 7) is 0. The van der Waals surface area contributed by atoms with Crippen molar-refractivity contribution in [2.24, 2.45) is 11.5 Å². The van der Waals surface area contributed by atoms with Gasteiger partial charge in [-0.25, -0.2) is 9.78 Å². The predicted molar refractivity (Wildman–Crippen MR) is 157 cm³/mol. The molecule has 0 aliphatic heterocycles. The van der Waals surface area contributed by atoms with Crippen molar-refractivity contribution in [3.63, 3.8) is 0 Å². The van der Waals surface area contributed by atoms with Gasteiger partial charge in [-0.15, -0.1) is 0 Å². The molecule has 40 heavy (non-hydrogen) atoms. The molecule has 3 atom stereocenters. The lowest BCUT2D eigenvalue weighted by Gasteiger charge is -2.22. The van der Waals surface area contributed by atoms with Crippen molar-refractivity contribution < 1.29 is 19.5 Å². The summed E-state index contributed by atoms with van der Waals surface area (Å²) in [5.41, 5.74) is 19.9. The SMILES string of the molecule is CSC[C@@H](c1ccc(-c2ccccc2)cc1)[C@H](N)C(=O)ONc1cnc(-c2ccc(C[C@H](N)C(=O)O)cc2)cn1. The Morgan fingerprint density at radius 1 is 0.900 bits per heavy atom. The maximum atomic E-state index is 12.8. The molecule has 0 aliphatic carbocycles. The Bertz CT molecular complexity index is 1400. The highest BCUT2D eigenvalue weighted by Gasteiger charge is 2.28. The molecule has 9 nitrogen and oxygen atoms in total. The minimum absolute atomic E-state index is 0.231. The van der Waals surface area contributed by atoms with Crippen LogP contribution >= 0.6 is 11.8 Å². The quantitative estimate of drug-likeness (QED) is 0.187. The van der Waals surface area contributed by atoms with Crippen molar-refractivity contribution in [1.29, 1.82) is 0 Å². The Labute approximate surface area is 236 Å². The number of hydrogen-bond donors (Lipinski definition) is 4. The zero-order valence-corrected chi connectivity index (χ0v) is 22.8. The third-order valence-electron chi connectivity index (χ3n) is 6.43. The Morgan fingerprint density at radius 2 is 1.55 bits per heavy atom. The van der Waals surface area contributed by atoms with Gasteiger partial charge in [-0.3, -0.25) is 9.78 Å². The van der Waals surface area contributed by atoms with E-state index in [1.165, 1.54) is 6.20 Å². The standard InChI is InChI=1S/C30H31N5O4S/c1-40-18-24(22-13-11-21(12-14-22)20-5-3-2-4-6-20)28(32)30(38)39-35-27-17-33-26(16-34-27)23-9-7-19(8-10-23)15-25(31)29(36)37/h2-14,16-17,24-25,28H,15,18,31-32H2,1H3,(H,34,35)(H,36,37)/t24-,25-,28-/m0/s1. The van der Waals surface area contributed by atoms with Crippen LogP contribution in [0, 0.1) is 0 Å². The van der Waals surface area contributed by atoms with Crippen molar-refractivity contribution in [1.82, 2.24) is 9.97 Å². The van der Waals surface area contributed by atoms with E-state index in [-0.39, 0.29) is 18.2 Å². The first-order valence-corrected chi connectivity index (χ1v) is 14.0. The average molecular weight is 558 g/mol. The van der Waals surface area contributed by atoms with E-state index in [4.69, 9.17) is 21.4 Å². The number of thioether (sulfide) groups is 1. The number of nitrogens with two attached hydrogens (primary N) is 2. The van der Waals surface area contributed by atoms with Crippen molar-refractivity contribution in [3.8, 4) is 22.4 Å². The minimum atomic E-state index is -1.04. The molecule has 1 heterocycles. The first kappa shape index (κ1) is 28.8. The van der Waals surface area contributed by atoms with Gasteiger partial charge in [-0.1, -0.05) is 78.9 Å². The van der Waals surface area contributed by atoms with E-state index in [1.807, 2.05) is 60.9 Å². The normalized spacial score (nSPS) is 13.2. The van der Waals surface area contributed by atoms with Crippen LogP contribution in [-0.4, -0.2) is 51.1 Å². The number of benzene rings is 3. The lowest BCUT2D eigenvalue weighted by atomic mass is 9.92. The largest absolute Gasteiger partial charge is 0.480 e. The molecular weight excluding hydrogens is 526 g/mol. The van der Waals surface area contributed by atoms with Gasteiger partial charge in [-0.05, 0) is 34.9 Å². The van der Waals surface area contributed by atoms with Crippen LogP contribution in [-0.2, 0) is 20.8 Å². The Kier molecular flexibility index (Phi) is 9.85. The molecule has 4 rings (SSSR count). The number of carboxylic acids is 1. The molecule has 0 amide bonds. The number of anilines is 1. The Morgan fingerprint density at radius 3 is 2.15 bits per heavy atom. The number of nitrogens with one attached hydrogen (secondary N) is 1. The molecular formula is C30H31N5O4S. The average Bonchev–Trinajstić information content (AvgIpc) is 2.99. The lowest BCUT2D eigenvalue weighted by Crippen LogP contribution is -2.40. The summed E-state index contributed by atoms with van der Waals surface area (Å²) in [5.74, 6) is -0.988. The molecule has 4 aromatic rings. The highest BCUT2D eigenvalue weighted by Crippen LogP contribution is 2.27. The molecule has 0 unspecified atom stereocenters. The number of carbonyl (C=O) groups is 2. The zero-order valence-electron chi connectivity index (χ0n) is 21.9. The highest BCUT2D eigenvalue weighted by atomic mass is 32.2. The predicted octanol–water partition coefficient (Wildman–Crippen LogP) is 4.11. The smallest absolute Gasteiger partial charge is 0.349 e. The van der Waals surface area contributed by atoms with Crippen LogP contribution in [0.5, 0.6) is 0 Å². The van der Waals surface area contributed by atoms with Gasteiger partial charge >= 0.3 is 11.9 Å². The van der Waals surface area contributed by atoms with Crippen molar-refractivity contribution in [2.45, 2.75) is 24.4 Å². The number of carboxylic acid groups (broad SMARTS) is 1. The molecule has 206 valence electrons. The van der Waals surface area contributed by atoms with Gasteiger partial charge in [0.05, 0.1) is 18.1 Å². The van der Waals surface area contributed by atoms with Gasteiger partial charge in [0.2, 0.25) is 0 Å². The molecule has 3 aromatic carbocycles. The third-order valence-corrected chi connectivity index (χ3v) is 7.12. The maximum absolute atomic E-state index is 12.8. The van der Waals surface area contributed by atoms with Gasteiger partial charge < -0.3 is 21.4 Å². The fourth-order valence-corrected chi connectivity index (χ4v) is 4.92. The van der Waals surface area contributed by atoms with E-state index in [0.717, 1.165) is 27.8 Å². The molecule has 6 N–H and O–H groups in total. The number of rotatable bonds is 12. The van der Waals surface area contributed by atoms with Gasteiger partial charge in [0.15, 0.2) is 5.82 Å². The summed E-state index contributed by atoms with van der Waals surface area (Å²) in [6.07, 6.45) is 5.19. The molecule has 0 saturated heterocycles. The van der Waals surface area contributed by atoms with Crippen LogP contribution in [0.3, 0.4) is 0 Å². The van der Waals surface area contributed by atoms with Crippen LogP contribution in [0.25, 0.3) is 22.4 Å². The number of aromatic nitrogens is 2. The van der Waals surface area contributed by atoms with E-state index < -0.39 is 24.0 Å². The molecule has 0 saturated carbocycles. The molecule has 1 aromatic heterocycles. The molecule has 0 fully saturated rings. The molecule has 0 spiro atoms. The summed E-state index contributed by atoms with van der Waals surface area (Å²) in [6, 6.07) is 23.5. The van der Waals surface area contributed by atoms with E-state index in [2.05, 4.69) is 27.6 Å². The van der Waals surface area contributed by atoms with E-state index in [1.54, 1.807) is 30.1 Å². The third kappa shape index (κ3) is 7.44. The molecule has 0 bridgehead atoms.